The molecule has 1 aliphatic rings. The van der Waals surface area contributed by atoms with Gasteiger partial charge in [-0.05, 0) is 6.07 Å². The molecular weight excluding hydrogens is 355 g/mol. The normalized spacial score (nSPS) is 26.0. The lowest BCUT2D eigenvalue weighted by Gasteiger charge is -2.16. The maximum Gasteiger partial charge on any atom is 0.490 e. The van der Waals surface area contributed by atoms with Crippen LogP contribution >= 0.6 is 0 Å². The average molecular weight is 371 g/mol. The standard InChI is InChI=1S/C10H15N3O5.C2HF3O2/c1-17-4-5-7(14)8(15)9(18-5)13-3-2-6(11)12-10(13)16;3-2(4,5)1(6)7/h2-3,5,7-9,14-15H,4H2,1H3,(H2,11,12,16);(H,6,7)/t5-,7-,8-,9-;/m1./s1. The molecule has 0 spiro atoms. The van der Waals surface area contributed by atoms with E-state index in [1.165, 1.54) is 19.4 Å². The first-order valence-electron chi connectivity index (χ1n) is 6.64. The number of carboxylic acid groups (broad SMARTS) is 1. The molecule has 0 bridgehead atoms. The minimum absolute atomic E-state index is 0.0812. The number of halogens is 3. The number of ether oxygens (including phenoxy) is 2. The van der Waals surface area contributed by atoms with E-state index in [0.717, 1.165) is 4.57 Å². The lowest BCUT2D eigenvalue weighted by Crippen LogP contribution is -2.36. The van der Waals surface area contributed by atoms with Gasteiger partial charge in [-0.15, -0.1) is 0 Å². The van der Waals surface area contributed by atoms with Crippen molar-refractivity contribution in [1.82, 2.24) is 9.55 Å². The summed E-state index contributed by atoms with van der Waals surface area (Å²) in [5.41, 5.74) is 4.72. The maximum absolute atomic E-state index is 11.6. The van der Waals surface area contributed by atoms with Crippen molar-refractivity contribution in [3.05, 3.63) is 22.7 Å². The SMILES string of the molecule is COC[C@H]1O[C@@H](n2ccc(N)nc2=O)[C@H](O)[C@@H]1O.O=C(O)C(F)(F)F. The van der Waals surface area contributed by atoms with E-state index < -0.39 is 42.4 Å². The molecule has 142 valence electrons. The summed E-state index contributed by atoms with van der Waals surface area (Å²) >= 11 is 0. The fourth-order valence-corrected chi connectivity index (χ4v) is 1.88. The van der Waals surface area contributed by atoms with E-state index in [9.17, 15) is 28.2 Å². The van der Waals surface area contributed by atoms with E-state index in [1.54, 1.807) is 0 Å². The number of nitrogen functional groups attached to an aromatic ring is 1. The second-order valence-electron chi connectivity index (χ2n) is 4.85. The van der Waals surface area contributed by atoms with Crippen molar-refractivity contribution in [3.8, 4) is 0 Å². The summed E-state index contributed by atoms with van der Waals surface area (Å²) in [6, 6.07) is 1.41. The summed E-state index contributed by atoms with van der Waals surface area (Å²) in [6.07, 6.45) is -7.77. The van der Waals surface area contributed by atoms with Gasteiger partial charge in [0.15, 0.2) is 6.23 Å². The molecule has 1 aliphatic heterocycles. The zero-order valence-electron chi connectivity index (χ0n) is 12.8. The molecule has 5 N–H and O–H groups in total. The Morgan fingerprint density at radius 2 is 2.00 bits per heavy atom. The molecule has 2 heterocycles. The molecule has 1 aromatic rings. The molecule has 0 radical (unpaired) electrons. The third kappa shape index (κ3) is 5.38. The Balaban J connectivity index is 0.000000381. The van der Waals surface area contributed by atoms with Crippen LogP contribution in [-0.4, -0.2) is 69.0 Å². The van der Waals surface area contributed by atoms with E-state index >= 15 is 0 Å². The topological polar surface area (TPSA) is 157 Å². The number of anilines is 1. The van der Waals surface area contributed by atoms with Crippen LogP contribution in [0.5, 0.6) is 0 Å². The molecular formula is C12H16F3N3O7. The minimum Gasteiger partial charge on any atom is -0.475 e. The number of rotatable bonds is 3. The Labute approximate surface area is 138 Å². The Morgan fingerprint density at radius 3 is 2.44 bits per heavy atom. The summed E-state index contributed by atoms with van der Waals surface area (Å²) in [5, 5.41) is 26.7. The van der Waals surface area contributed by atoms with E-state index in [2.05, 4.69) is 4.98 Å². The monoisotopic (exact) mass is 371 g/mol. The zero-order chi connectivity index (χ0) is 19.4. The minimum atomic E-state index is -5.08. The Morgan fingerprint density at radius 1 is 1.44 bits per heavy atom. The number of methoxy groups -OCH3 is 1. The van der Waals surface area contributed by atoms with Crippen LogP contribution in [0.25, 0.3) is 0 Å². The van der Waals surface area contributed by atoms with Crippen LogP contribution < -0.4 is 11.4 Å². The van der Waals surface area contributed by atoms with Crippen LogP contribution in [0, 0.1) is 0 Å². The summed E-state index contributed by atoms with van der Waals surface area (Å²) in [6.45, 7) is 0.117. The van der Waals surface area contributed by atoms with Crippen LogP contribution in [0.15, 0.2) is 17.1 Å². The zero-order valence-corrected chi connectivity index (χ0v) is 12.8. The van der Waals surface area contributed by atoms with Gasteiger partial charge in [-0.3, -0.25) is 4.57 Å². The summed E-state index contributed by atoms with van der Waals surface area (Å²) < 4.78 is 43.1. The van der Waals surface area contributed by atoms with Gasteiger partial charge in [-0.25, -0.2) is 9.59 Å². The first-order chi connectivity index (χ1) is 11.5. The highest BCUT2D eigenvalue weighted by atomic mass is 19.4. The lowest BCUT2D eigenvalue weighted by atomic mass is 10.1. The van der Waals surface area contributed by atoms with Gasteiger partial charge in [0, 0.05) is 13.3 Å². The van der Waals surface area contributed by atoms with Crippen molar-refractivity contribution in [2.45, 2.75) is 30.7 Å². The van der Waals surface area contributed by atoms with E-state index in [-0.39, 0.29) is 12.4 Å². The van der Waals surface area contributed by atoms with Crippen LogP contribution in [0.2, 0.25) is 0 Å². The van der Waals surface area contributed by atoms with Gasteiger partial charge in [-0.1, -0.05) is 0 Å². The quantitative estimate of drug-likeness (QED) is 0.508. The number of carbonyl (C=O) groups is 1. The lowest BCUT2D eigenvalue weighted by molar-refractivity contribution is -0.192. The van der Waals surface area contributed by atoms with Crippen molar-refractivity contribution in [1.29, 1.82) is 0 Å². The highest BCUT2D eigenvalue weighted by Crippen LogP contribution is 2.28. The predicted molar refractivity (Wildman–Crippen MR) is 74.4 cm³/mol. The van der Waals surface area contributed by atoms with Gasteiger partial charge in [0.05, 0.1) is 6.61 Å². The third-order valence-corrected chi connectivity index (χ3v) is 3.04. The van der Waals surface area contributed by atoms with Crippen molar-refractivity contribution in [3.63, 3.8) is 0 Å². The number of hydrogen-bond donors (Lipinski definition) is 4. The molecule has 0 amide bonds. The molecule has 2 rings (SSSR count). The maximum atomic E-state index is 11.6. The number of hydrogen-bond acceptors (Lipinski definition) is 8. The van der Waals surface area contributed by atoms with Crippen LogP contribution in [0.3, 0.4) is 0 Å². The molecule has 1 saturated heterocycles. The molecule has 0 aromatic carbocycles. The average Bonchev–Trinajstić information content (AvgIpc) is 2.76. The number of aromatic nitrogens is 2. The Kier molecular flexibility index (Phi) is 6.87. The smallest absolute Gasteiger partial charge is 0.475 e. The number of nitrogens with zero attached hydrogens (tertiary/aromatic N) is 2. The van der Waals surface area contributed by atoms with Crippen LogP contribution in [0.4, 0.5) is 19.0 Å². The Hall–Kier alpha value is -2.22. The predicted octanol–water partition coefficient (Wildman–Crippen LogP) is -1.28. The summed E-state index contributed by atoms with van der Waals surface area (Å²) in [4.78, 5) is 24.0. The number of alkyl halides is 3. The molecule has 0 unspecified atom stereocenters. The van der Waals surface area contributed by atoms with E-state index in [0.29, 0.717) is 0 Å². The largest absolute Gasteiger partial charge is 0.490 e. The molecule has 0 aliphatic carbocycles. The van der Waals surface area contributed by atoms with E-state index in [1.807, 2.05) is 0 Å². The summed E-state index contributed by atoms with van der Waals surface area (Å²) in [5.74, 6) is -2.68. The second kappa shape index (κ2) is 8.24. The van der Waals surface area contributed by atoms with Gasteiger partial charge in [0.25, 0.3) is 0 Å². The first-order valence-corrected chi connectivity index (χ1v) is 6.64. The first kappa shape index (κ1) is 20.8. The molecule has 13 heteroatoms. The third-order valence-electron chi connectivity index (χ3n) is 3.04. The fraction of sp³-hybridized carbons (Fsp3) is 0.583. The highest BCUT2D eigenvalue weighted by Gasteiger charge is 2.44. The van der Waals surface area contributed by atoms with E-state index in [4.69, 9.17) is 25.1 Å². The second-order valence-corrected chi connectivity index (χ2v) is 4.85. The number of aliphatic carboxylic acids is 1. The summed E-state index contributed by atoms with van der Waals surface area (Å²) in [7, 11) is 1.45. The number of aliphatic hydroxyl groups excluding tert-OH is 2. The molecule has 0 saturated carbocycles. The highest BCUT2D eigenvalue weighted by molar-refractivity contribution is 5.73. The fourth-order valence-electron chi connectivity index (χ4n) is 1.88. The Bertz CT molecular complexity index is 652. The van der Waals surface area contributed by atoms with Crippen LogP contribution in [-0.2, 0) is 14.3 Å². The van der Waals surface area contributed by atoms with Crippen molar-refractivity contribution in [2.75, 3.05) is 19.5 Å². The van der Waals surface area contributed by atoms with Crippen molar-refractivity contribution < 1.29 is 42.8 Å². The van der Waals surface area contributed by atoms with Crippen molar-refractivity contribution >= 4 is 11.8 Å². The van der Waals surface area contributed by atoms with Gasteiger partial charge in [0.1, 0.15) is 24.1 Å². The van der Waals surface area contributed by atoms with Gasteiger partial charge in [0.2, 0.25) is 0 Å². The number of carboxylic acids is 1. The van der Waals surface area contributed by atoms with Gasteiger partial charge >= 0.3 is 17.8 Å². The molecule has 4 atom stereocenters. The number of nitrogens with two attached hydrogens (primary N) is 1. The van der Waals surface area contributed by atoms with Gasteiger partial charge in [-0.2, -0.15) is 18.2 Å². The van der Waals surface area contributed by atoms with Crippen LogP contribution in [0.1, 0.15) is 6.23 Å². The molecule has 25 heavy (non-hydrogen) atoms. The van der Waals surface area contributed by atoms with Gasteiger partial charge < -0.3 is 30.5 Å². The molecule has 10 nitrogen and oxygen atoms in total. The number of aliphatic hydroxyl groups is 2. The molecule has 1 aromatic heterocycles. The van der Waals surface area contributed by atoms with Crippen molar-refractivity contribution in [2.24, 2.45) is 0 Å². The molecule has 1 fully saturated rings.